The number of carbonyl (C=O) groups is 4. The molecule has 0 aromatic carbocycles. The number of esters is 2. The van der Waals surface area contributed by atoms with Crippen LogP contribution in [0, 0.1) is 0 Å². The van der Waals surface area contributed by atoms with Crippen molar-refractivity contribution in [2.75, 3.05) is 0 Å². The second-order valence-electron chi connectivity index (χ2n) is 4.74. The minimum absolute atomic E-state index is 0.118. The highest BCUT2D eigenvalue weighted by molar-refractivity contribution is 6.37. The van der Waals surface area contributed by atoms with E-state index in [1.54, 1.807) is 19.9 Å². The zero-order chi connectivity index (χ0) is 15.1. The number of hydrogen-bond donors (Lipinski definition) is 0. The Labute approximate surface area is 117 Å². The van der Waals surface area contributed by atoms with Crippen LogP contribution in [0.15, 0.2) is 12.2 Å². The third-order valence-electron chi connectivity index (χ3n) is 2.71. The number of carbonyl (C=O) groups excluding carboxylic acids is 4. The van der Waals surface area contributed by atoms with Crippen LogP contribution in [0.1, 0.15) is 39.5 Å². The first kappa shape index (κ1) is 16.1. The fourth-order valence-electron chi connectivity index (χ4n) is 1.70. The Morgan fingerprint density at radius 3 is 2.35 bits per heavy atom. The third kappa shape index (κ3) is 5.77. The van der Waals surface area contributed by atoms with Crippen molar-refractivity contribution in [3.63, 3.8) is 0 Å². The average Bonchev–Trinajstić information content (AvgIpc) is 2.34. The van der Waals surface area contributed by atoms with Gasteiger partial charge in [0.05, 0.1) is 12.8 Å². The molecule has 0 N–H and O–H groups in total. The predicted molar refractivity (Wildman–Crippen MR) is 68.7 cm³/mol. The minimum atomic E-state index is -0.670. The van der Waals surface area contributed by atoms with Crippen molar-refractivity contribution in [2.45, 2.75) is 51.7 Å². The summed E-state index contributed by atoms with van der Waals surface area (Å²) in [7, 11) is 0. The van der Waals surface area contributed by atoms with E-state index in [1.165, 1.54) is 6.08 Å². The van der Waals surface area contributed by atoms with Crippen molar-refractivity contribution >= 4 is 23.5 Å². The van der Waals surface area contributed by atoms with Crippen LogP contribution in [0.2, 0.25) is 0 Å². The molecule has 1 aliphatic heterocycles. The zero-order valence-corrected chi connectivity index (χ0v) is 11.6. The highest BCUT2D eigenvalue weighted by Gasteiger charge is 2.21. The number of hydrogen-bond acceptors (Lipinski definition) is 6. The molecule has 2 unspecified atom stereocenters. The molecule has 0 aromatic rings. The molecule has 20 heavy (non-hydrogen) atoms. The Morgan fingerprint density at radius 2 is 1.65 bits per heavy atom. The van der Waals surface area contributed by atoms with Crippen molar-refractivity contribution in [3.05, 3.63) is 12.2 Å². The fraction of sp³-hybridized carbons (Fsp3) is 0.571. The summed E-state index contributed by atoms with van der Waals surface area (Å²) >= 11 is 0. The Kier molecular flexibility index (Phi) is 6.09. The first-order chi connectivity index (χ1) is 9.38. The monoisotopic (exact) mass is 282 g/mol. The quantitative estimate of drug-likeness (QED) is 0.489. The molecule has 6 heteroatoms. The molecule has 0 aromatic heterocycles. The maximum absolute atomic E-state index is 11.6. The topological polar surface area (TPSA) is 86.7 Å². The van der Waals surface area contributed by atoms with E-state index in [9.17, 15) is 19.2 Å². The molecule has 1 aliphatic rings. The predicted octanol–water partition coefficient (Wildman–Crippen LogP) is 1.12. The van der Waals surface area contributed by atoms with Crippen molar-refractivity contribution in [2.24, 2.45) is 0 Å². The van der Waals surface area contributed by atoms with E-state index in [0.717, 1.165) is 0 Å². The van der Waals surface area contributed by atoms with Gasteiger partial charge in [0.25, 0.3) is 0 Å². The Balaban J connectivity index is 2.75. The highest BCUT2D eigenvalue weighted by atomic mass is 16.5. The summed E-state index contributed by atoms with van der Waals surface area (Å²) in [4.78, 5) is 45.9. The second kappa shape index (κ2) is 7.57. The largest absolute Gasteiger partial charge is 0.462 e. The molecule has 6 nitrogen and oxygen atoms in total. The van der Waals surface area contributed by atoms with E-state index in [-0.39, 0.29) is 19.3 Å². The smallest absolute Gasteiger partial charge is 0.330 e. The van der Waals surface area contributed by atoms with Gasteiger partial charge in [0.15, 0.2) is 5.78 Å². The van der Waals surface area contributed by atoms with Gasteiger partial charge in [-0.25, -0.2) is 4.79 Å². The van der Waals surface area contributed by atoms with E-state index in [0.29, 0.717) is 6.42 Å². The Morgan fingerprint density at radius 1 is 0.950 bits per heavy atom. The lowest BCUT2D eigenvalue weighted by Gasteiger charge is -2.13. The van der Waals surface area contributed by atoms with E-state index in [4.69, 9.17) is 9.47 Å². The number of ether oxygens (including phenoxy) is 2. The first-order valence-corrected chi connectivity index (χ1v) is 6.51. The van der Waals surface area contributed by atoms with Crippen molar-refractivity contribution in [3.8, 4) is 0 Å². The van der Waals surface area contributed by atoms with Crippen LogP contribution >= 0.6 is 0 Å². The number of Topliss-reactive ketones (excluding diaryl/α,β-unsaturated/α-hetero) is 2. The molecule has 1 heterocycles. The molecular formula is C14H18O6. The van der Waals surface area contributed by atoms with E-state index >= 15 is 0 Å². The first-order valence-electron chi connectivity index (χ1n) is 6.51. The zero-order valence-electron chi connectivity index (χ0n) is 11.6. The molecule has 0 aliphatic carbocycles. The van der Waals surface area contributed by atoms with Crippen LogP contribution in [0.4, 0.5) is 0 Å². The van der Waals surface area contributed by atoms with E-state index < -0.39 is 35.7 Å². The average molecular weight is 282 g/mol. The van der Waals surface area contributed by atoms with Crippen molar-refractivity contribution < 1.29 is 28.7 Å². The molecule has 0 saturated heterocycles. The lowest BCUT2D eigenvalue weighted by molar-refractivity contribution is -0.149. The summed E-state index contributed by atoms with van der Waals surface area (Å²) in [5, 5.41) is 0. The summed E-state index contributed by atoms with van der Waals surface area (Å²) in [5.41, 5.74) is 0. The number of rotatable bonds is 0. The van der Waals surface area contributed by atoms with Crippen LogP contribution in [0.5, 0.6) is 0 Å². The van der Waals surface area contributed by atoms with Gasteiger partial charge < -0.3 is 9.47 Å². The SMILES string of the molecule is CC1CC(=O)C(=O)CCC(=O)OC(C)CC=CC(=O)O1. The molecule has 0 radical (unpaired) electrons. The molecule has 110 valence electrons. The maximum Gasteiger partial charge on any atom is 0.330 e. The third-order valence-corrected chi connectivity index (χ3v) is 2.71. The summed E-state index contributed by atoms with van der Waals surface area (Å²) in [6.45, 7) is 3.22. The van der Waals surface area contributed by atoms with Crippen molar-refractivity contribution in [1.82, 2.24) is 0 Å². The Bertz CT molecular complexity index is 437. The minimum Gasteiger partial charge on any atom is -0.462 e. The lowest BCUT2D eigenvalue weighted by Crippen LogP contribution is -2.24. The van der Waals surface area contributed by atoms with E-state index in [2.05, 4.69) is 0 Å². The normalized spacial score (nSPS) is 26.7. The molecule has 0 spiro atoms. The molecular weight excluding hydrogens is 264 g/mol. The standard InChI is InChI=1S/C14H18O6/c1-9-4-3-5-13(17)20-10(2)8-12(16)11(15)6-7-14(18)19-9/h3,5,9-10H,4,6-8H2,1-2H3. The fourth-order valence-corrected chi connectivity index (χ4v) is 1.70. The van der Waals surface area contributed by atoms with Crippen LogP contribution in [-0.4, -0.2) is 35.7 Å². The molecule has 0 fully saturated rings. The van der Waals surface area contributed by atoms with Gasteiger partial charge in [-0.1, -0.05) is 6.08 Å². The van der Waals surface area contributed by atoms with Gasteiger partial charge in [-0.05, 0) is 13.8 Å². The Hall–Kier alpha value is -1.98. The molecule has 2 atom stereocenters. The van der Waals surface area contributed by atoms with Gasteiger partial charge in [0.2, 0.25) is 5.78 Å². The van der Waals surface area contributed by atoms with Gasteiger partial charge in [0.1, 0.15) is 12.2 Å². The maximum atomic E-state index is 11.6. The van der Waals surface area contributed by atoms with Gasteiger partial charge in [0, 0.05) is 18.9 Å². The number of cyclic esters (lactones) is 2. The van der Waals surface area contributed by atoms with E-state index in [1.807, 2.05) is 0 Å². The van der Waals surface area contributed by atoms with Crippen LogP contribution in [-0.2, 0) is 28.7 Å². The molecule has 0 amide bonds. The molecule has 0 bridgehead atoms. The van der Waals surface area contributed by atoms with Gasteiger partial charge in [-0.15, -0.1) is 0 Å². The van der Waals surface area contributed by atoms with Gasteiger partial charge in [-0.3, -0.25) is 14.4 Å². The summed E-state index contributed by atoms with van der Waals surface area (Å²) < 4.78 is 9.99. The van der Waals surface area contributed by atoms with Crippen LogP contribution in [0.25, 0.3) is 0 Å². The lowest BCUT2D eigenvalue weighted by atomic mass is 10.1. The van der Waals surface area contributed by atoms with Gasteiger partial charge in [-0.2, -0.15) is 0 Å². The van der Waals surface area contributed by atoms with Crippen molar-refractivity contribution in [1.29, 1.82) is 0 Å². The summed E-state index contributed by atoms with van der Waals surface area (Å²) in [6, 6.07) is 0. The molecule has 1 rings (SSSR count). The highest BCUT2D eigenvalue weighted by Crippen LogP contribution is 2.07. The summed E-state index contributed by atoms with van der Waals surface area (Å²) in [5.74, 6) is -2.41. The second-order valence-corrected chi connectivity index (χ2v) is 4.74. The number of ketones is 2. The molecule has 0 saturated carbocycles. The van der Waals surface area contributed by atoms with Crippen LogP contribution < -0.4 is 0 Å². The van der Waals surface area contributed by atoms with Crippen LogP contribution in [0.3, 0.4) is 0 Å². The van der Waals surface area contributed by atoms with Gasteiger partial charge >= 0.3 is 11.9 Å². The summed E-state index contributed by atoms with van der Waals surface area (Å²) in [6.07, 6.45) is 1.60.